The first-order valence-electron chi connectivity index (χ1n) is 11.6. The van der Waals surface area contributed by atoms with E-state index in [2.05, 4.69) is 41.5 Å². The van der Waals surface area contributed by atoms with Crippen molar-refractivity contribution >= 4 is 23.0 Å². The smallest absolute Gasteiger partial charge is 0.417 e. The maximum Gasteiger partial charge on any atom is 0.417 e. The van der Waals surface area contributed by atoms with E-state index in [0.29, 0.717) is 23.9 Å². The van der Waals surface area contributed by atoms with Crippen LogP contribution in [-0.2, 0) is 17.7 Å². The fraction of sp³-hybridized carbons (Fsp3) is 0.520. The van der Waals surface area contributed by atoms with Crippen LogP contribution < -0.4 is 4.90 Å². The van der Waals surface area contributed by atoms with Crippen LogP contribution in [0.3, 0.4) is 0 Å². The molecule has 172 valence electrons. The summed E-state index contributed by atoms with van der Waals surface area (Å²) in [5.41, 5.74) is 2.70. The molecule has 1 saturated carbocycles. The Morgan fingerprint density at radius 2 is 2.12 bits per heavy atom. The highest BCUT2D eigenvalue weighted by atomic mass is 16.6. The van der Waals surface area contributed by atoms with Crippen LogP contribution >= 0.6 is 0 Å². The number of benzene rings is 1. The number of aromatic nitrogens is 3. The van der Waals surface area contributed by atoms with Gasteiger partial charge in [0.25, 0.3) is 0 Å². The molecule has 2 atom stereocenters. The SMILES string of the molecule is CC(C)Cc1cc(N2C[C@@]3(CCC[C@](C)(Cn4cnc5ccc(C#N)cc54)C3)OC2=O)on1. The van der Waals surface area contributed by atoms with E-state index >= 15 is 0 Å². The summed E-state index contributed by atoms with van der Waals surface area (Å²) < 4.78 is 13.6. The zero-order chi connectivity index (χ0) is 23.2. The molecule has 3 aromatic rings. The highest BCUT2D eigenvalue weighted by molar-refractivity contribution is 5.88. The van der Waals surface area contributed by atoms with Gasteiger partial charge in [0.15, 0.2) is 0 Å². The van der Waals surface area contributed by atoms with Crippen molar-refractivity contribution in [2.45, 2.75) is 65.0 Å². The van der Waals surface area contributed by atoms with Crippen LogP contribution in [-0.4, -0.2) is 32.9 Å². The van der Waals surface area contributed by atoms with Crippen molar-refractivity contribution in [1.82, 2.24) is 14.7 Å². The predicted molar refractivity (Wildman–Crippen MR) is 123 cm³/mol. The first-order chi connectivity index (χ1) is 15.8. The zero-order valence-electron chi connectivity index (χ0n) is 19.4. The number of hydrogen-bond acceptors (Lipinski definition) is 6. The lowest BCUT2D eigenvalue weighted by atomic mass is 9.68. The maximum absolute atomic E-state index is 12.8. The van der Waals surface area contributed by atoms with Crippen LogP contribution in [0.15, 0.2) is 35.1 Å². The highest BCUT2D eigenvalue weighted by Crippen LogP contribution is 2.48. The minimum atomic E-state index is -0.538. The summed E-state index contributed by atoms with van der Waals surface area (Å²) in [6.07, 6.45) is 5.89. The first kappa shape index (κ1) is 21.5. The molecule has 0 radical (unpaired) electrons. The Labute approximate surface area is 193 Å². The molecule has 2 aliphatic rings. The second-order valence-corrected chi connectivity index (χ2v) is 10.4. The molecule has 33 heavy (non-hydrogen) atoms. The molecule has 1 aromatic carbocycles. The number of anilines is 1. The number of rotatable bonds is 5. The number of nitriles is 1. The molecule has 3 heterocycles. The summed E-state index contributed by atoms with van der Waals surface area (Å²) in [6, 6.07) is 9.63. The van der Waals surface area contributed by atoms with Crippen molar-refractivity contribution in [3.05, 3.63) is 41.9 Å². The first-order valence-corrected chi connectivity index (χ1v) is 11.6. The summed E-state index contributed by atoms with van der Waals surface area (Å²) in [7, 11) is 0. The van der Waals surface area contributed by atoms with E-state index in [1.165, 1.54) is 0 Å². The van der Waals surface area contributed by atoms with Crippen molar-refractivity contribution in [1.29, 1.82) is 5.26 Å². The lowest BCUT2D eigenvalue weighted by molar-refractivity contribution is -0.0264. The average Bonchev–Trinajstić information content (AvgIpc) is 3.45. The van der Waals surface area contributed by atoms with Gasteiger partial charge in [-0.3, -0.25) is 0 Å². The van der Waals surface area contributed by atoms with Crippen LogP contribution in [0.5, 0.6) is 0 Å². The minimum Gasteiger partial charge on any atom is -0.441 e. The summed E-state index contributed by atoms with van der Waals surface area (Å²) in [5.74, 6) is 0.923. The number of carbonyl (C=O) groups is 1. The van der Waals surface area contributed by atoms with Gasteiger partial charge in [-0.2, -0.15) is 5.26 Å². The largest absolute Gasteiger partial charge is 0.441 e. The third-order valence-electron chi connectivity index (χ3n) is 6.86. The molecular formula is C25H29N5O3. The molecule has 8 heteroatoms. The summed E-state index contributed by atoms with van der Waals surface area (Å²) in [4.78, 5) is 18.9. The summed E-state index contributed by atoms with van der Waals surface area (Å²) in [6.45, 7) is 7.72. The number of imidazole rings is 1. The predicted octanol–water partition coefficient (Wildman–Crippen LogP) is 5.07. The van der Waals surface area contributed by atoms with Crippen LogP contribution in [0, 0.1) is 22.7 Å². The molecule has 1 amide bonds. The van der Waals surface area contributed by atoms with Crippen LogP contribution in [0.25, 0.3) is 11.0 Å². The van der Waals surface area contributed by atoms with Crippen LogP contribution in [0.1, 0.15) is 57.7 Å². The third kappa shape index (κ3) is 4.08. The van der Waals surface area contributed by atoms with Crippen molar-refractivity contribution in [3.8, 4) is 6.07 Å². The van der Waals surface area contributed by atoms with E-state index in [-0.39, 0.29) is 11.5 Å². The molecule has 2 aromatic heterocycles. The quantitative estimate of drug-likeness (QED) is 0.542. The molecule has 0 unspecified atom stereocenters. The Morgan fingerprint density at radius 1 is 1.27 bits per heavy atom. The van der Waals surface area contributed by atoms with Crippen molar-refractivity contribution in [3.63, 3.8) is 0 Å². The number of amides is 1. The Morgan fingerprint density at radius 3 is 2.91 bits per heavy atom. The van der Waals surface area contributed by atoms with E-state index in [4.69, 9.17) is 9.26 Å². The molecule has 1 aliphatic carbocycles. The van der Waals surface area contributed by atoms with Crippen molar-refractivity contribution in [2.24, 2.45) is 11.3 Å². The molecule has 1 aliphatic heterocycles. The zero-order valence-corrected chi connectivity index (χ0v) is 19.4. The standard InChI is InChI=1S/C25H29N5O3/c1-17(2)9-19-11-22(33-28-19)30-15-25(32-23(30)31)8-4-7-24(3,13-25)14-29-16-27-20-6-5-18(12-26)10-21(20)29/h5-6,10-11,16-17H,4,7-9,13-15H2,1-3H3/t24-,25-/m0/s1. The van der Waals surface area contributed by atoms with Crippen molar-refractivity contribution < 1.29 is 14.1 Å². The normalized spacial score (nSPS) is 25.2. The second kappa shape index (κ2) is 7.91. The van der Waals surface area contributed by atoms with Gasteiger partial charge < -0.3 is 13.8 Å². The van der Waals surface area contributed by atoms with Gasteiger partial charge in [0.05, 0.1) is 41.2 Å². The lowest BCUT2D eigenvalue weighted by Crippen LogP contribution is -2.45. The Kier molecular flexibility index (Phi) is 5.15. The fourth-order valence-electron chi connectivity index (χ4n) is 5.55. The highest BCUT2D eigenvalue weighted by Gasteiger charge is 2.52. The number of ether oxygens (including phenoxy) is 1. The summed E-state index contributed by atoms with van der Waals surface area (Å²) in [5, 5.41) is 13.4. The molecule has 1 saturated heterocycles. The number of nitrogens with zero attached hydrogens (tertiary/aromatic N) is 5. The van der Waals surface area contributed by atoms with E-state index in [9.17, 15) is 10.1 Å². The van der Waals surface area contributed by atoms with Gasteiger partial charge in [0.2, 0.25) is 5.88 Å². The van der Waals surface area contributed by atoms with Crippen LogP contribution in [0.4, 0.5) is 10.7 Å². The Balaban J connectivity index is 1.35. The molecule has 0 N–H and O–H groups in total. The summed E-state index contributed by atoms with van der Waals surface area (Å²) >= 11 is 0. The van der Waals surface area contributed by atoms with Gasteiger partial charge in [-0.1, -0.05) is 25.9 Å². The topological polar surface area (TPSA) is 97.2 Å². The van der Waals surface area contributed by atoms with Crippen molar-refractivity contribution in [2.75, 3.05) is 11.4 Å². The van der Waals surface area contributed by atoms with E-state index in [1.807, 2.05) is 24.5 Å². The molecular weight excluding hydrogens is 418 g/mol. The fourth-order valence-corrected chi connectivity index (χ4v) is 5.55. The number of hydrogen-bond donors (Lipinski definition) is 0. The van der Waals surface area contributed by atoms with Gasteiger partial charge in [0, 0.05) is 12.6 Å². The monoisotopic (exact) mass is 447 g/mol. The third-order valence-corrected chi connectivity index (χ3v) is 6.86. The molecule has 1 spiro atoms. The molecule has 8 nitrogen and oxygen atoms in total. The van der Waals surface area contributed by atoms with Gasteiger partial charge in [0.1, 0.15) is 5.60 Å². The Hall–Kier alpha value is -3.34. The molecule has 0 bridgehead atoms. The number of fused-ring (bicyclic) bond motifs is 1. The van der Waals surface area contributed by atoms with Gasteiger partial charge in [-0.25, -0.2) is 14.7 Å². The van der Waals surface area contributed by atoms with E-state index in [0.717, 1.165) is 55.4 Å². The Bertz CT molecular complexity index is 1240. The van der Waals surface area contributed by atoms with Gasteiger partial charge in [-0.15, -0.1) is 0 Å². The van der Waals surface area contributed by atoms with Gasteiger partial charge >= 0.3 is 6.09 Å². The van der Waals surface area contributed by atoms with E-state index in [1.54, 1.807) is 11.0 Å². The van der Waals surface area contributed by atoms with Crippen LogP contribution in [0.2, 0.25) is 0 Å². The number of carbonyl (C=O) groups excluding carboxylic acids is 1. The average molecular weight is 448 g/mol. The van der Waals surface area contributed by atoms with E-state index < -0.39 is 5.60 Å². The van der Waals surface area contributed by atoms with Gasteiger partial charge in [-0.05, 0) is 61.6 Å². The molecule has 5 rings (SSSR count). The maximum atomic E-state index is 12.8. The minimum absolute atomic E-state index is 0.0744. The lowest BCUT2D eigenvalue weighted by Gasteiger charge is -2.43. The second-order valence-electron chi connectivity index (χ2n) is 10.4. The molecule has 2 fully saturated rings.